The largest absolute Gasteiger partial charge is 0.343 e. The number of halogens is 1. The quantitative estimate of drug-likeness (QED) is 0.587. The fourth-order valence-electron chi connectivity index (χ4n) is 2.14. The van der Waals surface area contributed by atoms with Crippen LogP contribution in [-0.4, -0.2) is 23.3 Å². The van der Waals surface area contributed by atoms with Crippen molar-refractivity contribution in [1.29, 1.82) is 0 Å². The van der Waals surface area contributed by atoms with Crippen LogP contribution in [0.15, 0.2) is 40.9 Å². The number of rotatable bonds is 5. The second-order valence-electron chi connectivity index (χ2n) is 5.45. The Kier molecular flexibility index (Phi) is 5.87. The molecule has 2 rings (SSSR count). The number of carbonyl (C=O) groups excluding carboxylic acids is 2. The molecular weight excluding hydrogens is 390 g/mol. The monoisotopic (exact) mass is 405 g/mol. The Morgan fingerprint density at radius 1 is 1.12 bits per heavy atom. The molecule has 0 fully saturated rings. The van der Waals surface area contributed by atoms with Crippen LogP contribution in [0.4, 0.5) is 11.4 Å². The molecule has 2 N–H and O–H groups in total. The highest BCUT2D eigenvalue weighted by Crippen LogP contribution is 2.20. The van der Waals surface area contributed by atoms with Gasteiger partial charge in [0.25, 0.3) is 11.6 Å². The van der Waals surface area contributed by atoms with Crippen LogP contribution in [0.1, 0.15) is 21.5 Å². The third kappa shape index (κ3) is 4.87. The van der Waals surface area contributed by atoms with Crippen molar-refractivity contribution in [3.63, 3.8) is 0 Å². The van der Waals surface area contributed by atoms with Gasteiger partial charge in [0.2, 0.25) is 5.91 Å². The summed E-state index contributed by atoms with van der Waals surface area (Å²) < 4.78 is 0.930. The first-order valence-corrected chi connectivity index (χ1v) is 8.16. The molecule has 0 heterocycles. The Balaban J connectivity index is 1.97. The van der Waals surface area contributed by atoms with Crippen molar-refractivity contribution < 1.29 is 14.5 Å². The summed E-state index contributed by atoms with van der Waals surface area (Å²) in [4.78, 5) is 34.4. The van der Waals surface area contributed by atoms with Gasteiger partial charge in [-0.15, -0.1) is 0 Å². The molecule has 0 aliphatic rings. The van der Waals surface area contributed by atoms with Gasteiger partial charge in [-0.2, -0.15) is 0 Å². The lowest BCUT2D eigenvalue weighted by atomic mass is 10.1. The van der Waals surface area contributed by atoms with Gasteiger partial charge >= 0.3 is 0 Å². The zero-order valence-corrected chi connectivity index (χ0v) is 15.2. The van der Waals surface area contributed by atoms with Gasteiger partial charge in [-0.3, -0.25) is 19.7 Å². The highest BCUT2D eigenvalue weighted by Gasteiger charge is 2.15. The molecule has 0 unspecified atom stereocenters. The molecule has 25 heavy (non-hydrogen) atoms. The number of nitrogens with one attached hydrogen (secondary N) is 2. The van der Waals surface area contributed by atoms with Crippen LogP contribution >= 0.6 is 15.9 Å². The van der Waals surface area contributed by atoms with Crippen LogP contribution in [0.5, 0.6) is 0 Å². The summed E-state index contributed by atoms with van der Waals surface area (Å²) in [5.74, 6) is -0.943. The molecule has 7 nitrogen and oxygen atoms in total. The van der Waals surface area contributed by atoms with E-state index >= 15 is 0 Å². The van der Waals surface area contributed by atoms with Crippen molar-refractivity contribution in [1.82, 2.24) is 5.32 Å². The predicted octanol–water partition coefficient (Wildman–Crippen LogP) is 3.34. The van der Waals surface area contributed by atoms with Gasteiger partial charge in [-0.05, 0) is 43.7 Å². The van der Waals surface area contributed by atoms with Gasteiger partial charge < -0.3 is 10.6 Å². The van der Waals surface area contributed by atoms with Gasteiger partial charge in [0.05, 0.1) is 11.5 Å². The van der Waals surface area contributed by atoms with Crippen molar-refractivity contribution in [2.75, 3.05) is 11.9 Å². The molecule has 0 saturated carbocycles. The minimum atomic E-state index is -0.551. The molecule has 0 saturated heterocycles. The number of carbonyl (C=O) groups is 2. The molecule has 0 spiro atoms. The van der Waals surface area contributed by atoms with Crippen LogP contribution in [0.25, 0.3) is 0 Å². The second kappa shape index (κ2) is 7.89. The summed E-state index contributed by atoms with van der Waals surface area (Å²) in [6, 6.07) is 9.52. The van der Waals surface area contributed by atoms with Crippen molar-refractivity contribution in [2.45, 2.75) is 13.8 Å². The second-order valence-corrected chi connectivity index (χ2v) is 6.31. The maximum atomic E-state index is 12.1. The average molecular weight is 406 g/mol. The molecule has 0 bridgehead atoms. The molecular formula is C17H16BrN3O4. The van der Waals surface area contributed by atoms with Crippen LogP contribution < -0.4 is 10.6 Å². The summed E-state index contributed by atoms with van der Waals surface area (Å²) in [6.07, 6.45) is 0. The first kappa shape index (κ1) is 18.6. The average Bonchev–Trinajstić information content (AvgIpc) is 2.56. The fraction of sp³-hybridized carbons (Fsp3) is 0.176. The van der Waals surface area contributed by atoms with Gasteiger partial charge in [-0.25, -0.2) is 0 Å². The molecule has 2 aromatic carbocycles. The van der Waals surface area contributed by atoms with Crippen molar-refractivity contribution >= 4 is 39.1 Å². The van der Waals surface area contributed by atoms with E-state index in [2.05, 4.69) is 26.6 Å². The van der Waals surface area contributed by atoms with E-state index in [0.29, 0.717) is 11.3 Å². The van der Waals surface area contributed by atoms with Crippen molar-refractivity contribution in [3.05, 3.63) is 67.7 Å². The molecule has 8 heteroatoms. The lowest BCUT2D eigenvalue weighted by Crippen LogP contribution is -2.32. The standard InChI is InChI=1S/C17H16BrN3O4/c1-10-3-4-12(8-15(10)21(24)25)17(23)19-9-16(22)20-13-5-6-14(18)11(2)7-13/h3-8H,9H2,1-2H3,(H,19,23)(H,20,22). The molecule has 2 amide bonds. The van der Waals surface area contributed by atoms with E-state index in [1.165, 1.54) is 18.2 Å². The summed E-state index contributed by atoms with van der Waals surface area (Å²) in [5, 5.41) is 16.0. The number of benzene rings is 2. The van der Waals surface area contributed by atoms with Gasteiger partial charge in [0.15, 0.2) is 0 Å². The number of nitro benzene ring substituents is 1. The number of nitro groups is 1. The van der Waals surface area contributed by atoms with Crippen molar-refractivity contribution in [2.24, 2.45) is 0 Å². The Hall–Kier alpha value is -2.74. The molecule has 2 aromatic rings. The van der Waals surface area contributed by atoms with E-state index < -0.39 is 16.7 Å². The normalized spacial score (nSPS) is 10.2. The highest BCUT2D eigenvalue weighted by molar-refractivity contribution is 9.10. The zero-order chi connectivity index (χ0) is 18.6. The summed E-state index contributed by atoms with van der Waals surface area (Å²) in [5.41, 5.74) is 2.04. The minimum absolute atomic E-state index is 0.129. The Labute approximate surface area is 152 Å². The summed E-state index contributed by atoms with van der Waals surface area (Å²) >= 11 is 3.37. The SMILES string of the molecule is Cc1cc(NC(=O)CNC(=O)c2ccc(C)c([N+](=O)[O-])c2)ccc1Br. The minimum Gasteiger partial charge on any atom is -0.343 e. The topological polar surface area (TPSA) is 101 Å². The van der Waals surface area contributed by atoms with Crippen LogP contribution in [0.3, 0.4) is 0 Å². The van der Waals surface area contributed by atoms with Crippen LogP contribution in [-0.2, 0) is 4.79 Å². The van der Waals surface area contributed by atoms with E-state index in [-0.39, 0.29) is 17.8 Å². The molecule has 0 radical (unpaired) electrons. The lowest BCUT2D eigenvalue weighted by molar-refractivity contribution is -0.385. The lowest BCUT2D eigenvalue weighted by Gasteiger charge is -2.08. The van der Waals surface area contributed by atoms with Gasteiger partial charge in [0, 0.05) is 27.4 Å². The fourth-order valence-corrected chi connectivity index (χ4v) is 2.38. The summed E-state index contributed by atoms with van der Waals surface area (Å²) in [7, 11) is 0. The van der Waals surface area contributed by atoms with Crippen LogP contribution in [0, 0.1) is 24.0 Å². The summed E-state index contributed by atoms with van der Waals surface area (Å²) in [6.45, 7) is 3.24. The zero-order valence-electron chi connectivity index (χ0n) is 13.6. The Bertz CT molecular complexity index is 852. The number of amides is 2. The van der Waals surface area contributed by atoms with E-state index in [1.807, 2.05) is 13.0 Å². The number of aryl methyl sites for hydroxylation is 2. The Morgan fingerprint density at radius 2 is 1.84 bits per heavy atom. The van der Waals surface area contributed by atoms with Gasteiger partial charge in [0.1, 0.15) is 0 Å². The maximum absolute atomic E-state index is 12.1. The smallest absolute Gasteiger partial charge is 0.273 e. The maximum Gasteiger partial charge on any atom is 0.273 e. The van der Waals surface area contributed by atoms with Gasteiger partial charge in [-0.1, -0.05) is 22.0 Å². The molecule has 0 atom stereocenters. The van der Waals surface area contributed by atoms with Crippen molar-refractivity contribution in [3.8, 4) is 0 Å². The predicted molar refractivity (Wildman–Crippen MR) is 97.7 cm³/mol. The van der Waals surface area contributed by atoms with E-state index in [9.17, 15) is 19.7 Å². The highest BCUT2D eigenvalue weighted by atomic mass is 79.9. The van der Waals surface area contributed by atoms with E-state index in [1.54, 1.807) is 19.1 Å². The Morgan fingerprint density at radius 3 is 2.48 bits per heavy atom. The third-order valence-corrected chi connectivity index (χ3v) is 4.41. The first-order chi connectivity index (χ1) is 11.8. The molecule has 0 aliphatic carbocycles. The third-order valence-electron chi connectivity index (χ3n) is 3.52. The van der Waals surface area contributed by atoms with Crippen LogP contribution in [0.2, 0.25) is 0 Å². The molecule has 0 aliphatic heterocycles. The first-order valence-electron chi connectivity index (χ1n) is 7.37. The van der Waals surface area contributed by atoms with E-state index in [4.69, 9.17) is 0 Å². The van der Waals surface area contributed by atoms with E-state index in [0.717, 1.165) is 10.0 Å². The number of hydrogen-bond donors (Lipinski definition) is 2. The number of anilines is 1. The molecule has 0 aromatic heterocycles. The molecule has 130 valence electrons. The number of nitrogens with zero attached hydrogens (tertiary/aromatic N) is 1. The number of hydrogen-bond acceptors (Lipinski definition) is 4.